The van der Waals surface area contributed by atoms with Crippen molar-refractivity contribution in [1.82, 2.24) is 14.8 Å². The summed E-state index contributed by atoms with van der Waals surface area (Å²) >= 11 is 0. The van der Waals surface area contributed by atoms with Crippen molar-refractivity contribution in [3.8, 4) is 11.9 Å². The van der Waals surface area contributed by atoms with Gasteiger partial charge < -0.3 is 5.11 Å². The summed E-state index contributed by atoms with van der Waals surface area (Å²) in [5.41, 5.74) is -0.621. The molecule has 9 nitrogen and oxygen atoms in total. The molecule has 0 radical (unpaired) electrons. The Balaban J connectivity index is 2.53. The third kappa shape index (κ3) is 2.22. The Hall–Kier alpha value is -3.28. The molecule has 0 aliphatic rings. The fourth-order valence-electron chi connectivity index (χ4n) is 1.37. The lowest BCUT2D eigenvalue weighted by Crippen LogP contribution is -2.05. The molecule has 0 fully saturated rings. The number of nitriles is 1. The summed E-state index contributed by atoms with van der Waals surface area (Å²) in [6.45, 7) is 0. The molecular formula is C10H5N5O4. The molecule has 2 rings (SSSR count). The summed E-state index contributed by atoms with van der Waals surface area (Å²) in [6.07, 6.45) is 2.27. The first-order valence-corrected chi connectivity index (χ1v) is 4.87. The zero-order chi connectivity index (χ0) is 14.0. The van der Waals surface area contributed by atoms with Gasteiger partial charge in [0.2, 0.25) is 0 Å². The van der Waals surface area contributed by atoms with E-state index >= 15 is 0 Å². The molecule has 0 atom stereocenters. The quantitative estimate of drug-likeness (QED) is 0.634. The van der Waals surface area contributed by atoms with Crippen LogP contribution in [0.1, 0.15) is 16.1 Å². The second kappa shape index (κ2) is 4.53. The van der Waals surface area contributed by atoms with Crippen LogP contribution >= 0.6 is 0 Å². The highest BCUT2D eigenvalue weighted by atomic mass is 16.6. The van der Waals surface area contributed by atoms with Gasteiger partial charge in [-0.2, -0.15) is 10.4 Å². The molecular weight excluding hydrogens is 254 g/mol. The molecule has 2 heterocycles. The van der Waals surface area contributed by atoms with Gasteiger partial charge in [0.05, 0.1) is 4.92 Å². The average Bonchev–Trinajstić information content (AvgIpc) is 2.87. The van der Waals surface area contributed by atoms with Crippen molar-refractivity contribution in [2.45, 2.75) is 0 Å². The molecule has 0 spiro atoms. The third-order valence-electron chi connectivity index (χ3n) is 2.21. The lowest BCUT2D eigenvalue weighted by atomic mass is 10.2. The van der Waals surface area contributed by atoms with Gasteiger partial charge in [-0.1, -0.05) is 0 Å². The van der Waals surface area contributed by atoms with Crippen molar-refractivity contribution < 1.29 is 14.8 Å². The smallest absolute Gasteiger partial charge is 0.356 e. The number of carbonyl (C=O) groups is 1. The molecule has 0 saturated carbocycles. The Morgan fingerprint density at radius 1 is 1.58 bits per heavy atom. The molecule has 0 saturated heterocycles. The standard InChI is InChI=1S/C10H5N5O4/c11-4-6-3-7(15(18)19)5-12-9(6)14-2-1-8(13-14)10(16)17/h1-3,5H,(H,16,17). The second-order valence-electron chi connectivity index (χ2n) is 3.38. The molecule has 19 heavy (non-hydrogen) atoms. The first-order chi connectivity index (χ1) is 9.02. The number of aromatic carboxylic acids is 1. The van der Waals surface area contributed by atoms with Crippen LogP contribution in [-0.2, 0) is 0 Å². The van der Waals surface area contributed by atoms with Gasteiger partial charge in [0, 0.05) is 12.3 Å². The molecule has 0 unspecified atom stereocenters. The van der Waals surface area contributed by atoms with Crippen LogP contribution in [0.15, 0.2) is 24.5 Å². The Morgan fingerprint density at radius 2 is 2.32 bits per heavy atom. The minimum Gasteiger partial charge on any atom is -0.476 e. The zero-order valence-electron chi connectivity index (χ0n) is 9.22. The molecule has 9 heteroatoms. The monoisotopic (exact) mass is 259 g/mol. The number of carboxylic acids is 1. The molecule has 94 valence electrons. The van der Waals surface area contributed by atoms with Crippen LogP contribution < -0.4 is 0 Å². The Bertz CT molecular complexity index is 715. The van der Waals surface area contributed by atoms with Gasteiger partial charge in [0.15, 0.2) is 11.5 Å². The predicted molar refractivity (Wildman–Crippen MR) is 59.7 cm³/mol. The van der Waals surface area contributed by atoms with Gasteiger partial charge >= 0.3 is 5.97 Å². The van der Waals surface area contributed by atoms with Crippen molar-refractivity contribution in [1.29, 1.82) is 5.26 Å². The summed E-state index contributed by atoms with van der Waals surface area (Å²) < 4.78 is 1.08. The maximum atomic E-state index is 10.7. The minimum absolute atomic E-state index is 0.0283. The molecule has 2 aromatic rings. The minimum atomic E-state index is -1.22. The van der Waals surface area contributed by atoms with Gasteiger partial charge in [-0.05, 0) is 6.07 Å². The summed E-state index contributed by atoms with van der Waals surface area (Å²) in [4.78, 5) is 24.3. The van der Waals surface area contributed by atoms with Crippen molar-refractivity contribution in [2.24, 2.45) is 0 Å². The van der Waals surface area contributed by atoms with Gasteiger partial charge in [-0.15, -0.1) is 0 Å². The highest BCUT2D eigenvalue weighted by Crippen LogP contribution is 2.17. The Morgan fingerprint density at radius 3 is 2.84 bits per heavy atom. The van der Waals surface area contributed by atoms with Crippen LogP contribution in [0.2, 0.25) is 0 Å². The Labute approximate surface area is 105 Å². The first-order valence-electron chi connectivity index (χ1n) is 4.87. The summed E-state index contributed by atoms with van der Waals surface area (Å²) in [7, 11) is 0. The third-order valence-corrected chi connectivity index (χ3v) is 2.21. The number of carboxylic acid groups (broad SMARTS) is 1. The van der Waals surface area contributed by atoms with E-state index in [1.54, 1.807) is 6.07 Å². The van der Waals surface area contributed by atoms with Gasteiger partial charge in [-0.25, -0.2) is 14.5 Å². The maximum Gasteiger partial charge on any atom is 0.356 e. The van der Waals surface area contributed by atoms with E-state index in [0.717, 1.165) is 16.9 Å². The van der Waals surface area contributed by atoms with Crippen LogP contribution in [0.3, 0.4) is 0 Å². The summed E-state index contributed by atoms with van der Waals surface area (Å²) in [6, 6.07) is 4.03. The summed E-state index contributed by atoms with van der Waals surface area (Å²) in [5.74, 6) is -1.19. The molecule has 0 bridgehead atoms. The maximum absolute atomic E-state index is 10.7. The molecule has 0 aliphatic carbocycles. The SMILES string of the molecule is N#Cc1cc([N+](=O)[O-])cnc1-n1ccc(C(=O)O)n1. The highest BCUT2D eigenvalue weighted by Gasteiger charge is 2.15. The average molecular weight is 259 g/mol. The lowest BCUT2D eigenvalue weighted by Gasteiger charge is -2.01. The number of hydrogen-bond donors (Lipinski definition) is 1. The van der Waals surface area contributed by atoms with E-state index < -0.39 is 10.9 Å². The van der Waals surface area contributed by atoms with E-state index in [1.165, 1.54) is 12.3 Å². The molecule has 2 aromatic heterocycles. The topological polar surface area (TPSA) is 135 Å². The second-order valence-corrected chi connectivity index (χ2v) is 3.38. The number of hydrogen-bond acceptors (Lipinski definition) is 6. The number of aromatic nitrogens is 3. The van der Waals surface area contributed by atoms with Gasteiger partial charge in [0.25, 0.3) is 5.69 Å². The van der Waals surface area contributed by atoms with E-state index in [9.17, 15) is 14.9 Å². The largest absolute Gasteiger partial charge is 0.476 e. The van der Waals surface area contributed by atoms with Crippen molar-refractivity contribution in [3.05, 3.63) is 45.9 Å². The van der Waals surface area contributed by atoms with E-state index in [-0.39, 0.29) is 22.8 Å². The zero-order valence-corrected chi connectivity index (χ0v) is 9.22. The van der Waals surface area contributed by atoms with E-state index in [1.807, 2.05) is 0 Å². The highest BCUT2D eigenvalue weighted by molar-refractivity contribution is 5.85. The molecule has 0 aromatic carbocycles. The predicted octanol–water partition coefficient (Wildman–Crippen LogP) is 0.745. The van der Waals surface area contributed by atoms with Crippen molar-refractivity contribution in [3.63, 3.8) is 0 Å². The van der Waals surface area contributed by atoms with Crippen LogP contribution in [0.4, 0.5) is 5.69 Å². The molecule has 1 N–H and O–H groups in total. The van der Waals surface area contributed by atoms with Crippen molar-refractivity contribution >= 4 is 11.7 Å². The van der Waals surface area contributed by atoms with E-state index in [0.29, 0.717) is 0 Å². The number of pyridine rings is 1. The normalized spacial score (nSPS) is 9.84. The number of rotatable bonds is 3. The van der Waals surface area contributed by atoms with Gasteiger partial charge in [-0.3, -0.25) is 10.1 Å². The lowest BCUT2D eigenvalue weighted by molar-refractivity contribution is -0.385. The Kier molecular flexibility index (Phi) is 2.91. The van der Waals surface area contributed by atoms with Crippen molar-refractivity contribution in [2.75, 3.05) is 0 Å². The molecule has 0 amide bonds. The van der Waals surface area contributed by atoms with E-state index in [2.05, 4.69) is 10.1 Å². The fourth-order valence-corrected chi connectivity index (χ4v) is 1.37. The van der Waals surface area contributed by atoms with Crippen LogP contribution in [-0.4, -0.2) is 30.8 Å². The van der Waals surface area contributed by atoms with Crippen LogP contribution in [0.5, 0.6) is 0 Å². The number of nitrogens with zero attached hydrogens (tertiary/aromatic N) is 5. The van der Waals surface area contributed by atoms with Crippen LogP contribution in [0, 0.1) is 21.4 Å². The van der Waals surface area contributed by atoms with E-state index in [4.69, 9.17) is 10.4 Å². The first kappa shape index (κ1) is 12.2. The number of nitro groups is 1. The molecule has 0 aliphatic heterocycles. The van der Waals surface area contributed by atoms with Gasteiger partial charge in [0.1, 0.15) is 17.8 Å². The van der Waals surface area contributed by atoms with Crippen LogP contribution in [0.25, 0.3) is 5.82 Å². The summed E-state index contributed by atoms with van der Waals surface area (Å²) in [5, 5.41) is 31.9. The fraction of sp³-hybridized carbons (Fsp3) is 0.